The fraction of sp³-hybridized carbons (Fsp3) is 0.368. The average Bonchev–Trinajstić information content (AvgIpc) is 3.30. The van der Waals surface area contributed by atoms with Crippen molar-refractivity contribution < 1.29 is 14.3 Å². The number of amides is 2. The Morgan fingerprint density at radius 2 is 1.97 bits per heavy atom. The Bertz CT molecular complexity index is 1080. The summed E-state index contributed by atoms with van der Waals surface area (Å²) < 4.78 is 6.41. The Morgan fingerprint density at radius 3 is 2.69 bits per heavy atom. The molecule has 0 spiro atoms. The van der Waals surface area contributed by atoms with Crippen molar-refractivity contribution in [1.82, 2.24) is 30.0 Å². The summed E-state index contributed by atoms with van der Waals surface area (Å²) in [5, 5.41) is 9.57. The second-order valence-corrected chi connectivity index (χ2v) is 7.82. The van der Waals surface area contributed by atoms with Crippen LogP contribution in [0.4, 0.5) is 15.4 Å². The van der Waals surface area contributed by atoms with Crippen molar-refractivity contribution in [3.8, 4) is 11.3 Å². The average molecular weight is 395 g/mol. The number of rotatable bonds is 3. The zero-order valence-corrected chi connectivity index (χ0v) is 16.3. The fourth-order valence-electron chi connectivity index (χ4n) is 2.54. The summed E-state index contributed by atoms with van der Waals surface area (Å²) >= 11 is 0. The summed E-state index contributed by atoms with van der Waals surface area (Å²) in [4.78, 5) is 37.2. The minimum atomic E-state index is -0.620. The van der Waals surface area contributed by atoms with Crippen molar-refractivity contribution in [3.63, 3.8) is 0 Å². The molecule has 29 heavy (non-hydrogen) atoms. The highest BCUT2D eigenvalue weighted by molar-refractivity contribution is 5.89. The maximum absolute atomic E-state index is 12.1. The normalized spacial score (nSPS) is 13.9. The first-order valence-corrected chi connectivity index (χ1v) is 9.26. The standard InChI is InChI=1S/C19H21N7O3/c1-19(2,3)29-18(28)26-10-11(8-21-26)14-9-20-13-6-7-15(24-16(13)23-14)25-17(27)22-12-4-5-12/h6-10,12H,4-5H2,1-3H3,(H2,22,23,24,25,27). The van der Waals surface area contributed by atoms with Crippen LogP contribution < -0.4 is 10.6 Å². The number of aromatic nitrogens is 5. The molecular weight excluding hydrogens is 374 g/mol. The number of urea groups is 1. The van der Waals surface area contributed by atoms with Gasteiger partial charge in [-0.1, -0.05) is 0 Å². The zero-order valence-electron chi connectivity index (χ0n) is 16.3. The summed E-state index contributed by atoms with van der Waals surface area (Å²) in [7, 11) is 0. The number of ether oxygens (including phenoxy) is 1. The van der Waals surface area contributed by atoms with Gasteiger partial charge in [-0.2, -0.15) is 9.78 Å². The predicted molar refractivity (Wildman–Crippen MR) is 105 cm³/mol. The molecule has 0 aromatic carbocycles. The van der Waals surface area contributed by atoms with Gasteiger partial charge in [-0.25, -0.2) is 19.6 Å². The quantitative estimate of drug-likeness (QED) is 0.698. The molecule has 1 fully saturated rings. The molecule has 4 rings (SSSR count). The van der Waals surface area contributed by atoms with Crippen LogP contribution in [0.1, 0.15) is 33.6 Å². The van der Waals surface area contributed by atoms with Gasteiger partial charge >= 0.3 is 12.1 Å². The van der Waals surface area contributed by atoms with Crippen LogP contribution in [-0.4, -0.2) is 48.5 Å². The maximum Gasteiger partial charge on any atom is 0.435 e. The van der Waals surface area contributed by atoms with Crippen LogP contribution in [-0.2, 0) is 4.74 Å². The van der Waals surface area contributed by atoms with E-state index in [0.29, 0.717) is 28.2 Å². The Balaban J connectivity index is 1.54. The molecule has 0 atom stereocenters. The SMILES string of the molecule is CC(C)(C)OC(=O)n1cc(-c2cnc3ccc(NC(=O)NC4CC4)nc3n2)cn1. The molecule has 0 aliphatic heterocycles. The third-order valence-corrected chi connectivity index (χ3v) is 4.02. The number of nitrogens with zero attached hydrogens (tertiary/aromatic N) is 5. The minimum Gasteiger partial charge on any atom is -0.442 e. The lowest BCUT2D eigenvalue weighted by Crippen LogP contribution is -2.30. The number of hydrogen-bond acceptors (Lipinski definition) is 7. The smallest absolute Gasteiger partial charge is 0.435 e. The largest absolute Gasteiger partial charge is 0.442 e. The number of carbonyl (C=O) groups excluding carboxylic acids is 2. The first kappa shape index (κ1) is 18.8. The number of nitrogens with one attached hydrogen (secondary N) is 2. The van der Waals surface area contributed by atoms with Crippen LogP contribution in [0.25, 0.3) is 22.4 Å². The molecule has 0 radical (unpaired) electrons. The van der Waals surface area contributed by atoms with E-state index in [1.807, 2.05) is 0 Å². The second kappa shape index (κ2) is 7.12. The van der Waals surface area contributed by atoms with Crippen molar-refractivity contribution in [3.05, 3.63) is 30.7 Å². The third-order valence-electron chi connectivity index (χ3n) is 4.02. The topological polar surface area (TPSA) is 124 Å². The minimum absolute atomic E-state index is 0.253. The van der Waals surface area contributed by atoms with E-state index in [1.54, 1.807) is 39.1 Å². The van der Waals surface area contributed by atoms with Crippen molar-refractivity contribution in [2.45, 2.75) is 45.3 Å². The molecule has 10 heteroatoms. The van der Waals surface area contributed by atoms with Crippen LogP contribution >= 0.6 is 0 Å². The first-order valence-electron chi connectivity index (χ1n) is 9.26. The Hall–Kier alpha value is -3.56. The van der Waals surface area contributed by atoms with E-state index in [0.717, 1.165) is 17.5 Å². The summed E-state index contributed by atoms with van der Waals surface area (Å²) in [6.45, 7) is 5.35. The highest BCUT2D eigenvalue weighted by Gasteiger charge is 2.23. The van der Waals surface area contributed by atoms with E-state index in [1.165, 1.54) is 12.4 Å². The van der Waals surface area contributed by atoms with Gasteiger partial charge in [0.05, 0.1) is 18.1 Å². The predicted octanol–water partition coefficient (Wildman–Crippen LogP) is 2.96. The van der Waals surface area contributed by atoms with Crippen LogP contribution in [0.5, 0.6) is 0 Å². The fourth-order valence-corrected chi connectivity index (χ4v) is 2.54. The lowest BCUT2D eigenvalue weighted by molar-refractivity contribution is 0.0514. The lowest BCUT2D eigenvalue weighted by Gasteiger charge is -2.18. The van der Waals surface area contributed by atoms with Crippen LogP contribution in [0.15, 0.2) is 30.7 Å². The molecule has 1 aliphatic rings. The summed E-state index contributed by atoms with van der Waals surface area (Å²) in [6.07, 6.45) is 6.03. The highest BCUT2D eigenvalue weighted by atomic mass is 16.6. The van der Waals surface area contributed by atoms with E-state index in [2.05, 4.69) is 30.7 Å². The van der Waals surface area contributed by atoms with Gasteiger partial charge in [-0.05, 0) is 45.7 Å². The monoisotopic (exact) mass is 395 g/mol. The summed E-state index contributed by atoms with van der Waals surface area (Å²) in [6, 6.07) is 3.37. The van der Waals surface area contributed by atoms with E-state index >= 15 is 0 Å². The molecule has 1 aliphatic carbocycles. The number of anilines is 1. The van der Waals surface area contributed by atoms with E-state index < -0.39 is 11.7 Å². The van der Waals surface area contributed by atoms with Crippen LogP contribution in [0, 0.1) is 0 Å². The van der Waals surface area contributed by atoms with Gasteiger partial charge in [0, 0.05) is 17.8 Å². The van der Waals surface area contributed by atoms with Gasteiger partial charge in [-0.3, -0.25) is 10.3 Å². The first-order chi connectivity index (χ1) is 13.8. The van der Waals surface area contributed by atoms with Crippen molar-refractivity contribution in [2.24, 2.45) is 0 Å². The van der Waals surface area contributed by atoms with Crippen molar-refractivity contribution >= 4 is 29.1 Å². The zero-order chi connectivity index (χ0) is 20.6. The van der Waals surface area contributed by atoms with Crippen LogP contribution in [0.2, 0.25) is 0 Å². The molecule has 0 bridgehead atoms. The lowest BCUT2D eigenvalue weighted by atomic mass is 10.2. The molecule has 150 valence electrons. The molecule has 10 nitrogen and oxygen atoms in total. The van der Waals surface area contributed by atoms with Crippen LogP contribution in [0.3, 0.4) is 0 Å². The van der Waals surface area contributed by atoms with Gasteiger partial charge in [-0.15, -0.1) is 0 Å². The Labute approximate surface area is 166 Å². The third kappa shape index (κ3) is 4.65. The summed E-state index contributed by atoms with van der Waals surface area (Å²) in [5.74, 6) is 0.381. The van der Waals surface area contributed by atoms with Crippen molar-refractivity contribution in [1.29, 1.82) is 0 Å². The molecule has 2 N–H and O–H groups in total. The number of fused-ring (bicyclic) bond motifs is 1. The van der Waals surface area contributed by atoms with Gasteiger partial charge in [0.15, 0.2) is 5.65 Å². The number of carbonyl (C=O) groups is 2. The molecule has 3 aromatic rings. The van der Waals surface area contributed by atoms with Crippen molar-refractivity contribution in [2.75, 3.05) is 5.32 Å². The van der Waals surface area contributed by atoms with Gasteiger partial charge < -0.3 is 10.1 Å². The number of pyridine rings is 1. The molecule has 3 aromatic heterocycles. The van der Waals surface area contributed by atoms with Gasteiger partial charge in [0.25, 0.3) is 0 Å². The highest BCUT2D eigenvalue weighted by Crippen LogP contribution is 2.21. The van der Waals surface area contributed by atoms with E-state index in [-0.39, 0.29) is 12.1 Å². The molecule has 3 heterocycles. The van der Waals surface area contributed by atoms with Gasteiger partial charge in [0.2, 0.25) is 0 Å². The molecule has 2 amide bonds. The molecule has 0 saturated heterocycles. The van der Waals surface area contributed by atoms with E-state index in [9.17, 15) is 9.59 Å². The summed E-state index contributed by atoms with van der Waals surface area (Å²) in [5.41, 5.74) is 1.43. The maximum atomic E-state index is 12.1. The van der Waals surface area contributed by atoms with E-state index in [4.69, 9.17) is 4.74 Å². The van der Waals surface area contributed by atoms with Gasteiger partial charge in [0.1, 0.15) is 16.9 Å². The molecular formula is C19H21N7O3. The Morgan fingerprint density at radius 1 is 1.17 bits per heavy atom. The molecule has 1 saturated carbocycles. The second-order valence-electron chi connectivity index (χ2n) is 7.82. The molecule has 0 unspecified atom stereocenters. The Kier molecular flexibility index (Phi) is 4.61. The number of hydrogen-bond donors (Lipinski definition) is 2.